The van der Waals surface area contributed by atoms with E-state index in [9.17, 15) is 13.2 Å². The summed E-state index contributed by atoms with van der Waals surface area (Å²) in [6.07, 6.45) is 2.98. The summed E-state index contributed by atoms with van der Waals surface area (Å²) in [5.41, 5.74) is 2.89. The number of carbonyl (C=O) groups is 1. The first kappa shape index (κ1) is 18.6. The Kier molecular flexibility index (Phi) is 5.44. The van der Waals surface area contributed by atoms with Crippen LogP contribution in [0.15, 0.2) is 54.6 Å². The summed E-state index contributed by atoms with van der Waals surface area (Å²) in [6, 6.07) is 16.8. The quantitative estimate of drug-likeness (QED) is 0.811. The smallest absolute Gasteiger partial charge is 0.242 e. The third kappa shape index (κ3) is 3.97. The number of aryl methyl sites for hydroxylation is 1. The molecule has 0 spiro atoms. The Hall–Kier alpha value is -2.18. The van der Waals surface area contributed by atoms with Crippen molar-refractivity contribution >= 4 is 21.6 Å². The lowest BCUT2D eigenvalue weighted by atomic mass is 10.0. The molecule has 0 bridgehead atoms. The molecule has 2 aromatic rings. The van der Waals surface area contributed by atoms with E-state index in [1.54, 1.807) is 4.90 Å². The Balaban J connectivity index is 1.85. The summed E-state index contributed by atoms with van der Waals surface area (Å²) in [7, 11) is -3.54. The van der Waals surface area contributed by atoms with Crippen LogP contribution in [0.25, 0.3) is 0 Å². The van der Waals surface area contributed by atoms with Crippen molar-refractivity contribution in [1.29, 1.82) is 0 Å². The zero-order valence-corrected chi connectivity index (χ0v) is 15.9. The van der Waals surface area contributed by atoms with Crippen molar-refractivity contribution in [2.75, 3.05) is 24.2 Å². The van der Waals surface area contributed by atoms with Crippen LogP contribution in [0.2, 0.25) is 0 Å². The predicted octanol–water partition coefficient (Wildman–Crippen LogP) is 2.99. The average molecular weight is 372 g/mol. The van der Waals surface area contributed by atoms with E-state index >= 15 is 0 Å². The van der Waals surface area contributed by atoms with Crippen LogP contribution < -0.4 is 4.90 Å². The molecular formula is C20H24N2O3S. The van der Waals surface area contributed by atoms with E-state index in [0.717, 1.165) is 35.9 Å². The fourth-order valence-electron chi connectivity index (χ4n) is 3.45. The molecule has 3 rings (SSSR count). The number of fused-ring (bicyclic) bond motifs is 1. The van der Waals surface area contributed by atoms with Gasteiger partial charge in [0.15, 0.2) is 0 Å². The Morgan fingerprint density at radius 2 is 1.77 bits per heavy atom. The number of hydrogen-bond donors (Lipinski definition) is 0. The molecule has 138 valence electrons. The van der Waals surface area contributed by atoms with Gasteiger partial charge in [0.25, 0.3) is 0 Å². The first-order valence-electron chi connectivity index (χ1n) is 8.78. The average Bonchev–Trinajstić information content (AvgIpc) is 2.64. The number of hydrogen-bond acceptors (Lipinski definition) is 3. The minimum Gasteiger partial charge on any atom is -0.311 e. The number of sulfonamides is 1. The molecule has 0 N–H and O–H groups in total. The number of anilines is 1. The number of para-hydroxylation sites is 1. The molecule has 26 heavy (non-hydrogen) atoms. The minimum atomic E-state index is -3.54. The fourth-order valence-corrected chi connectivity index (χ4v) is 4.49. The second-order valence-corrected chi connectivity index (χ2v) is 8.61. The number of rotatable bonds is 5. The van der Waals surface area contributed by atoms with Crippen LogP contribution in [0.4, 0.5) is 5.69 Å². The van der Waals surface area contributed by atoms with Crippen LogP contribution in [-0.4, -0.2) is 38.0 Å². The lowest BCUT2D eigenvalue weighted by Gasteiger charge is -2.33. The van der Waals surface area contributed by atoms with Crippen LogP contribution in [-0.2, 0) is 21.2 Å². The zero-order chi connectivity index (χ0) is 18.7. The SMILES string of the molecule is CC(c1ccccc1)N(CC(=O)N1CCCc2ccccc21)S(C)(=O)=O. The highest BCUT2D eigenvalue weighted by Crippen LogP contribution is 2.28. The third-order valence-corrected chi connectivity index (χ3v) is 6.14. The van der Waals surface area contributed by atoms with Crippen molar-refractivity contribution in [2.45, 2.75) is 25.8 Å². The van der Waals surface area contributed by atoms with E-state index in [1.807, 2.05) is 61.5 Å². The molecule has 0 aliphatic carbocycles. The summed E-state index contributed by atoms with van der Waals surface area (Å²) in [5.74, 6) is -0.189. The molecule has 1 unspecified atom stereocenters. The molecule has 6 heteroatoms. The maximum absolute atomic E-state index is 13.0. The highest BCUT2D eigenvalue weighted by molar-refractivity contribution is 7.88. The van der Waals surface area contributed by atoms with Gasteiger partial charge in [-0.2, -0.15) is 4.31 Å². The van der Waals surface area contributed by atoms with Crippen LogP contribution in [0.5, 0.6) is 0 Å². The maximum Gasteiger partial charge on any atom is 0.242 e. The Morgan fingerprint density at radius 1 is 1.12 bits per heavy atom. The molecule has 1 atom stereocenters. The molecule has 0 aromatic heterocycles. The summed E-state index contributed by atoms with van der Waals surface area (Å²) >= 11 is 0. The maximum atomic E-state index is 13.0. The van der Waals surface area contributed by atoms with E-state index in [0.29, 0.717) is 6.54 Å². The predicted molar refractivity (Wildman–Crippen MR) is 104 cm³/mol. The van der Waals surface area contributed by atoms with Gasteiger partial charge in [0, 0.05) is 18.3 Å². The van der Waals surface area contributed by atoms with Gasteiger partial charge in [-0.05, 0) is 37.0 Å². The minimum absolute atomic E-state index is 0.163. The van der Waals surface area contributed by atoms with Crippen molar-refractivity contribution < 1.29 is 13.2 Å². The highest BCUT2D eigenvalue weighted by atomic mass is 32.2. The van der Waals surface area contributed by atoms with E-state index in [-0.39, 0.29) is 12.5 Å². The van der Waals surface area contributed by atoms with Crippen LogP contribution in [0, 0.1) is 0 Å². The first-order valence-corrected chi connectivity index (χ1v) is 10.6. The van der Waals surface area contributed by atoms with Gasteiger partial charge in [-0.15, -0.1) is 0 Å². The largest absolute Gasteiger partial charge is 0.311 e. The van der Waals surface area contributed by atoms with Crippen LogP contribution in [0.1, 0.15) is 30.5 Å². The van der Waals surface area contributed by atoms with Crippen molar-refractivity contribution in [3.05, 3.63) is 65.7 Å². The molecule has 0 saturated carbocycles. The number of nitrogens with zero attached hydrogens (tertiary/aromatic N) is 2. The fraction of sp³-hybridized carbons (Fsp3) is 0.350. The summed E-state index contributed by atoms with van der Waals surface area (Å²) in [4.78, 5) is 14.7. The van der Waals surface area contributed by atoms with Gasteiger partial charge >= 0.3 is 0 Å². The number of benzene rings is 2. The molecule has 1 aliphatic rings. The normalized spacial score (nSPS) is 15.6. The Labute approximate surface area is 155 Å². The van der Waals surface area contributed by atoms with E-state index in [1.165, 1.54) is 4.31 Å². The monoisotopic (exact) mass is 372 g/mol. The second-order valence-electron chi connectivity index (χ2n) is 6.67. The Morgan fingerprint density at radius 3 is 2.46 bits per heavy atom. The van der Waals surface area contributed by atoms with Gasteiger partial charge < -0.3 is 4.90 Å². The van der Waals surface area contributed by atoms with Gasteiger partial charge in [-0.25, -0.2) is 8.42 Å². The van der Waals surface area contributed by atoms with Crippen molar-refractivity contribution in [2.24, 2.45) is 0 Å². The lowest BCUT2D eigenvalue weighted by molar-refractivity contribution is -0.119. The van der Waals surface area contributed by atoms with Crippen LogP contribution >= 0.6 is 0 Å². The molecule has 0 fully saturated rings. The molecule has 1 amide bonds. The lowest BCUT2D eigenvalue weighted by Crippen LogP contribution is -2.45. The van der Waals surface area contributed by atoms with Crippen molar-refractivity contribution in [3.8, 4) is 0 Å². The van der Waals surface area contributed by atoms with E-state index in [2.05, 4.69) is 0 Å². The molecule has 1 heterocycles. The highest BCUT2D eigenvalue weighted by Gasteiger charge is 2.30. The number of amides is 1. The second kappa shape index (κ2) is 7.60. The first-order chi connectivity index (χ1) is 12.4. The van der Waals surface area contributed by atoms with Crippen LogP contribution in [0.3, 0.4) is 0 Å². The molecule has 2 aromatic carbocycles. The van der Waals surface area contributed by atoms with Gasteiger partial charge in [0.2, 0.25) is 15.9 Å². The molecular weight excluding hydrogens is 348 g/mol. The van der Waals surface area contributed by atoms with Gasteiger partial charge in [0.1, 0.15) is 0 Å². The zero-order valence-electron chi connectivity index (χ0n) is 15.1. The van der Waals surface area contributed by atoms with E-state index in [4.69, 9.17) is 0 Å². The third-order valence-electron chi connectivity index (χ3n) is 4.84. The van der Waals surface area contributed by atoms with Gasteiger partial charge in [-0.1, -0.05) is 48.5 Å². The van der Waals surface area contributed by atoms with Gasteiger partial charge in [-0.3, -0.25) is 4.79 Å². The topological polar surface area (TPSA) is 57.7 Å². The summed E-state index contributed by atoms with van der Waals surface area (Å²) < 4.78 is 26.0. The van der Waals surface area contributed by atoms with Crippen molar-refractivity contribution in [3.63, 3.8) is 0 Å². The standard InChI is InChI=1S/C20H24N2O3S/c1-16(17-9-4-3-5-10-17)22(26(2,24)25)15-20(23)21-14-8-12-18-11-6-7-13-19(18)21/h3-7,9-11,13,16H,8,12,14-15H2,1-2H3. The Bertz CT molecular complexity index is 881. The van der Waals surface area contributed by atoms with Crippen molar-refractivity contribution in [1.82, 2.24) is 4.31 Å². The summed E-state index contributed by atoms with van der Waals surface area (Å²) in [5, 5.41) is 0. The summed E-state index contributed by atoms with van der Waals surface area (Å²) in [6.45, 7) is 2.27. The molecule has 1 aliphatic heterocycles. The molecule has 0 saturated heterocycles. The van der Waals surface area contributed by atoms with E-state index < -0.39 is 16.1 Å². The molecule has 5 nitrogen and oxygen atoms in total. The number of carbonyl (C=O) groups excluding carboxylic acids is 1. The van der Waals surface area contributed by atoms with Gasteiger partial charge in [0.05, 0.1) is 12.8 Å². The molecule has 0 radical (unpaired) electrons.